The standard InChI is InChI=1S/C20H23ClN2O2.ClH/c1-22-16-10-12-23(13-11-16)20(24)17-7-3-5-9-19(17)25-14-15-6-2-4-8-18(15)21;/h2-9,16,22H,10-14H2,1H3;1H. The van der Waals surface area contributed by atoms with E-state index in [0.29, 0.717) is 29.0 Å². The molecular weight excluding hydrogens is 371 g/mol. The highest BCUT2D eigenvalue weighted by atomic mass is 35.5. The molecule has 0 unspecified atom stereocenters. The molecule has 0 spiro atoms. The van der Waals surface area contributed by atoms with Gasteiger partial charge in [-0.25, -0.2) is 0 Å². The molecule has 2 aromatic rings. The number of nitrogens with one attached hydrogen (secondary N) is 1. The van der Waals surface area contributed by atoms with Crippen LogP contribution in [0, 0.1) is 0 Å². The molecule has 0 saturated carbocycles. The number of piperidine rings is 1. The zero-order chi connectivity index (χ0) is 17.6. The molecule has 1 saturated heterocycles. The summed E-state index contributed by atoms with van der Waals surface area (Å²) in [5.41, 5.74) is 1.51. The molecule has 0 bridgehead atoms. The minimum absolute atomic E-state index is 0. The number of likely N-dealkylation sites (tertiary alicyclic amines) is 1. The van der Waals surface area contributed by atoms with E-state index in [1.54, 1.807) is 0 Å². The molecule has 1 aliphatic rings. The summed E-state index contributed by atoms with van der Waals surface area (Å²) < 4.78 is 5.91. The average Bonchev–Trinajstić information content (AvgIpc) is 2.67. The summed E-state index contributed by atoms with van der Waals surface area (Å²) in [5.74, 6) is 0.632. The highest BCUT2D eigenvalue weighted by Gasteiger charge is 2.24. The molecule has 0 atom stereocenters. The molecule has 1 heterocycles. The van der Waals surface area contributed by atoms with E-state index in [9.17, 15) is 4.79 Å². The second-order valence-corrected chi connectivity index (χ2v) is 6.64. The van der Waals surface area contributed by atoms with Gasteiger partial charge >= 0.3 is 0 Å². The van der Waals surface area contributed by atoms with Crippen molar-refractivity contribution in [1.82, 2.24) is 10.2 Å². The van der Waals surface area contributed by atoms with Gasteiger partial charge in [-0.1, -0.05) is 41.9 Å². The molecule has 140 valence electrons. The number of para-hydroxylation sites is 1. The molecular formula is C20H24Cl2N2O2. The Hall–Kier alpha value is -1.75. The monoisotopic (exact) mass is 394 g/mol. The Morgan fingerprint density at radius 2 is 1.81 bits per heavy atom. The third-order valence-electron chi connectivity index (χ3n) is 4.65. The predicted octanol–water partition coefficient (Wildman–Crippen LogP) is 4.16. The van der Waals surface area contributed by atoms with Crippen LogP contribution in [-0.2, 0) is 6.61 Å². The Bertz CT molecular complexity index is 731. The lowest BCUT2D eigenvalue weighted by Gasteiger charge is -2.32. The molecule has 26 heavy (non-hydrogen) atoms. The number of hydrogen-bond donors (Lipinski definition) is 1. The predicted molar refractivity (Wildman–Crippen MR) is 107 cm³/mol. The normalized spacial score (nSPS) is 14.6. The van der Waals surface area contributed by atoms with Crippen molar-refractivity contribution in [2.75, 3.05) is 20.1 Å². The SMILES string of the molecule is CNC1CCN(C(=O)c2ccccc2OCc2ccccc2Cl)CC1.Cl. The summed E-state index contributed by atoms with van der Waals surface area (Å²) in [6, 6.07) is 15.5. The van der Waals surface area contributed by atoms with Crippen molar-refractivity contribution < 1.29 is 9.53 Å². The number of ether oxygens (including phenoxy) is 1. The number of carbonyl (C=O) groups excluding carboxylic acids is 1. The smallest absolute Gasteiger partial charge is 0.257 e. The maximum atomic E-state index is 12.9. The molecule has 1 fully saturated rings. The van der Waals surface area contributed by atoms with Crippen LogP contribution >= 0.6 is 24.0 Å². The second kappa shape index (κ2) is 9.81. The van der Waals surface area contributed by atoms with E-state index >= 15 is 0 Å². The van der Waals surface area contributed by atoms with E-state index in [4.69, 9.17) is 16.3 Å². The van der Waals surface area contributed by atoms with Crippen LogP contribution in [0.4, 0.5) is 0 Å². The zero-order valence-electron chi connectivity index (χ0n) is 14.8. The van der Waals surface area contributed by atoms with Crippen LogP contribution in [-0.4, -0.2) is 37.0 Å². The van der Waals surface area contributed by atoms with Crippen molar-refractivity contribution in [3.05, 3.63) is 64.7 Å². The summed E-state index contributed by atoms with van der Waals surface area (Å²) in [7, 11) is 1.97. The molecule has 0 aromatic heterocycles. The topological polar surface area (TPSA) is 41.6 Å². The lowest BCUT2D eigenvalue weighted by Crippen LogP contribution is -2.44. The zero-order valence-corrected chi connectivity index (χ0v) is 16.4. The van der Waals surface area contributed by atoms with Gasteiger partial charge in [-0.15, -0.1) is 12.4 Å². The van der Waals surface area contributed by atoms with Crippen LogP contribution in [0.2, 0.25) is 5.02 Å². The minimum Gasteiger partial charge on any atom is -0.488 e. The highest BCUT2D eigenvalue weighted by Crippen LogP contribution is 2.24. The molecule has 1 N–H and O–H groups in total. The van der Waals surface area contributed by atoms with E-state index in [2.05, 4.69) is 5.32 Å². The molecule has 1 amide bonds. The van der Waals surface area contributed by atoms with Gasteiger partial charge in [0.15, 0.2) is 0 Å². The summed E-state index contributed by atoms with van der Waals surface area (Å²) in [6.45, 7) is 1.87. The Balaban J connectivity index is 0.00000243. The fraction of sp³-hybridized carbons (Fsp3) is 0.350. The van der Waals surface area contributed by atoms with Crippen LogP contribution in [0.15, 0.2) is 48.5 Å². The van der Waals surface area contributed by atoms with E-state index in [1.165, 1.54) is 0 Å². The quantitative estimate of drug-likeness (QED) is 0.827. The maximum Gasteiger partial charge on any atom is 0.257 e. The summed E-state index contributed by atoms with van der Waals surface area (Å²) in [4.78, 5) is 14.8. The van der Waals surface area contributed by atoms with Gasteiger partial charge in [0.2, 0.25) is 0 Å². The number of rotatable bonds is 5. The molecule has 1 aliphatic heterocycles. The summed E-state index contributed by atoms with van der Waals surface area (Å²) >= 11 is 6.18. The van der Waals surface area contributed by atoms with Gasteiger partial charge in [0, 0.05) is 29.7 Å². The van der Waals surface area contributed by atoms with Gasteiger partial charge in [0.1, 0.15) is 12.4 Å². The van der Waals surface area contributed by atoms with Crippen molar-refractivity contribution >= 4 is 29.9 Å². The van der Waals surface area contributed by atoms with Gasteiger partial charge in [-0.3, -0.25) is 4.79 Å². The Morgan fingerprint density at radius 1 is 1.15 bits per heavy atom. The number of carbonyl (C=O) groups is 1. The van der Waals surface area contributed by atoms with Crippen molar-refractivity contribution in [1.29, 1.82) is 0 Å². The second-order valence-electron chi connectivity index (χ2n) is 6.23. The first-order valence-electron chi connectivity index (χ1n) is 8.61. The van der Waals surface area contributed by atoms with Crippen LogP contribution in [0.1, 0.15) is 28.8 Å². The van der Waals surface area contributed by atoms with Crippen LogP contribution in [0.25, 0.3) is 0 Å². The average molecular weight is 395 g/mol. The van der Waals surface area contributed by atoms with E-state index in [0.717, 1.165) is 31.5 Å². The number of hydrogen-bond acceptors (Lipinski definition) is 3. The van der Waals surface area contributed by atoms with E-state index in [-0.39, 0.29) is 18.3 Å². The van der Waals surface area contributed by atoms with Gasteiger partial charge < -0.3 is 15.0 Å². The first kappa shape index (κ1) is 20.6. The van der Waals surface area contributed by atoms with Crippen LogP contribution in [0.3, 0.4) is 0 Å². The summed E-state index contributed by atoms with van der Waals surface area (Å²) in [5, 5.41) is 3.95. The van der Waals surface area contributed by atoms with Crippen molar-refractivity contribution in [2.24, 2.45) is 0 Å². The Kier molecular flexibility index (Phi) is 7.76. The molecule has 3 rings (SSSR count). The maximum absolute atomic E-state index is 12.9. The number of nitrogens with zero attached hydrogens (tertiary/aromatic N) is 1. The molecule has 2 aromatic carbocycles. The molecule has 0 aliphatic carbocycles. The lowest BCUT2D eigenvalue weighted by molar-refractivity contribution is 0.0702. The highest BCUT2D eigenvalue weighted by molar-refractivity contribution is 6.31. The molecule has 6 heteroatoms. The number of amides is 1. The van der Waals surface area contributed by atoms with Crippen molar-refractivity contribution in [3.8, 4) is 5.75 Å². The van der Waals surface area contributed by atoms with E-state index < -0.39 is 0 Å². The van der Waals surface area contributed by atoms with Crippen LogP contribution < -0.4 is 10.1 Å². The van der Waals surface area contributed by atoms with Crippen molar-refractivity contribution in [3.63, 3.8) is 0 Å². The Labute approximate surface area is 165 Å². The minimum atomic E-state index is 0. The third-order valence-corrected chi connectivity index (χ3v) is 5.02. The first-order chi connectivity index (χ1) is 12.2. The van der Waals surface area contributed by atoms with E-state index in [1.807, 2.05) is 60.5 Å². The third kappa shape index (κ3) is 4.91. The van der Waals surface area contributed by atoms with Gasteiger partial charge in [0.25, 0.3) is 5.91 Å². The fourth-order valence-electron chi connectivity index (χ4n) is 3.08. The largest absolute Gasteiger partial charge is 0.488 e. The van der Waals surface area contributed by atoms with Crippen LogP contribution in [0.5, 0.6) is 5.75 Å². The first-order valence-corrected chi connectivity index (χ1v) is 8.98. The Morgan fingerprint density at radius 3 is 2.50 bits per heavy atom. The number of halogens is 2. The van der Waals surface area contributed by atoms with Gasteiger partial charge in [0.05, 0.1) is 5.56 Å². The molecule has 0 radical (unpaired) electrons. The van der Waals surface area contributed by atoms with Gasteiger partial charge in [-0.05, 0) is 38.1 Å². The fourth-order valence-corrected chi connectivity index (χ4v) is 3.27. The molecule has 4 nitrogen and oxygen atoms in total. The van der Waals surface area contributed by atoms with Crippen molar-refractivity contribution in [2.45, 2.75) is 25.5 Å². The lowest BCUT2D eigenvalue weighted by atomic mass is 10.0. The number of benzene rings is 2. The van der Waals surface area contributed by atoms with Gasteiger partial charge in [-0.2, -0.15) is 0 Å². The summed E-state index contributed by atoms with van der Waals surface area (Å²) in [6.07, 6.45) is 1.95.